The van der Waals surface area contributed by atoms with Crippen LogP contribution in [0.25, 0.3) is 0 Å². The maximum atomic E-state index is 12.9. The van der Waals surface area contributed by atoms with Crippen LogP contribution in [0.1, 0.15) is 28.8 Å². The molecule has 0 spiro atoms. The number of ether oxygens (including phenoxy) is 1. The molecule has 1 aliphatic rings. The first-order valence-corrected chi connectivity index (χ1v) is 10.9. The van der Waals surface area contributed by atoms with Crippen LogP contribution in [0.5, 0.6) is 5.75 Å². The number of halogens is 1. The van der Waals surface area contributed by atoms with E-state index in [9.17, 15) is 9.90 Å². The molecule has 0 aliphatic carbocycles. The van der Waals surface area contributed by atoms with Crippen molar-refractivity contribution in [2.75, 3.05) is 35.8 Å². The number of amides is 1. The third-order valence-electron chi connectivity index (χ3n) is 5.33. The summed E-state index contributed by atoms with van der Waals surface area (Å²) in [7, 11) is 1.56. The number of rotatable bonds is 8. The highest BCUT2D eigenvalue weighted by molar-refractivity contribution is 6.32. The standard InChI is InChI=1S/C22H24ClN7O3/c1-33-18-6-5-14(10-17(18)23)11-26-19-16(20(32)29-21-24-7-3-8-25-21)12-27-22(28-19)30-9-2-4-15(30)13-31/h3,5-8,10,12,15,31H,2,4,9,11,13H2,1H3,(H,26,27,28)(H,24,25,29,32). The van der Waals surface area contributed by atoms with Crippen LogP contribution in [-0.4, -0.2) is 57.3 Å². The molecule has 1 fully saturated rings. The minimum absolute atomic E-state index is 0.0179. The van der Waals surface area contributed by atoms with E-state index in [1.807, 2.05) is 11.0 Å². The molecule has 33 heavy (non-hydrogen) atoms. The van der Waals surface area contributed by atoms with Crippen LogP contribution in [0.4, 0.5) is 17.7 Å². The lowest BCUT2D eigenvalue weighted by atomic mass is 10.2. The molecule has 3 N–H and O–H groups in total. The Morgan fingerprint density at radius 1 is 1.30 bits per heavy atom. The van der Waals surface area contributed by atoms with Crippen LogP contribution in [0.15, 0.2) is 42.9 Å². The minimum atomic E-state index is -0.442. The van der Waals surface area contributed by atoms with E-state index in [4.69, 9.17) is 16.3 Å². The van der Waals surface area contributed by atoms with Crippen LogP contribution in [0.2, 0.25) is 5.02 Å². The van der Waals surface area contributed by atoms with Crippen molar-refractivity contribution >= 4 is 35.2 Å². The number of anilines is 3. The Bertz CT molecular complexity index is 1120. The topological polar surface area (TPSA) is 125 Å². The highest BCUT2D eigenvalue weighted by Gasteiger charge is 2.27. The van der Waals surface area contributed by atoms with Crippen LogP contribution in [-0.2, 0) is 6.54 Å². The van der Waals surface area contributed by atoms with E-state index in [0.717, 1.165) is 24.9 Å². The average Bonchev–Trinajstić information content (AvgIpc) is 3.32. The van der Waals surface area contributed by atoms with E-state index in [1.54, 1.807) is 25.3 Å². The highest BCUT2D eigenvalue weighted by atomic mass is 35.5. The summed E-state index contributed by atoms with van der Waals surface area (Å²) < 4.78 is 5.20. The summed E-state index contributed by atoms with van der Waals surface area (Å²) in [6.07, 6.45) is 6.35. The Morgan fingerprint density at radius 2 is 2.12 bits per heavy atom. The molecular formula is C22H24ClN7O3. The molecular weight excluding hydrogens is 446 g/mol. The quantitative estimate of drug-likeness (QED) is 0.456. The van der Waals surface area contributed by atoms with E-state index in [0.29, 0.717) is 29.1 Å². The summed E-state index contributed by atoms with van der Waals surface area (Å²) in [5, 5.41) is 16.0. The molecule has 0 bridgehead atoms. The Balaban J connectivity index is 1.61. The zero-order chi connectivity index (χ0) is 23.2. The zero-order valence-electron chi connectivity index (χ0n) is 18.0. The molecule has 3 aromatic rings. The zero-order valence-corrected chi connectivity index (χ0v) is 18.8. The van der Waals surface area contributed by atoms with E-state index in [-0.39, 0.29) is 24.2 Å². The lowest BCUT2D eigenvalue weighted by Gasteiger charge is -2.24. The monoisotopic (exact) mass is 469 g/mol. The van der Waals surface area contributed by atoms with Gasteiger partial charge in [-0.25, -0.2) is 15.0 Å². The number of benzene rings is 1. The van der Waals surface area contributed by atoms with Gasteiger partial charge in [-0.15, -0.1) is 0 Å². The predicted octanol–water partition coefficient (Wildman–Crippen LogP) is 2.75. The van der Waals surface area contributed by atoms with Crippen LogP contribution < -0.4 is 20.3 Å². The largest absolute Gasteiger partial charge is 0.495 e. The third kappa shape index (κ3) is 5.29. The number of carbonyl (C=O) groups is 1. The molecule has 2 aromatic heterocycles. The van der Waals surface area contributed by atoms with Gasteiger partial charge in [-0.2, -0.15) is 4.98 Å². The fourth-order valence-corrected chi connectivity index (χ4v) is 3.92. The van der Waals surface area contributed by atoms with Gasteiger partial charge in [0.2, 0.25) is 11.9 Å². The van der Waals surface area contributed by atoms with Gasteiger partial charge in [-0.3, -0.25) is 10.1 Å². The number of aliphatic hydroxyl groups excluding tert-OH is 1. The molecule has 1 unspecified atom stereocenters. The summed E-state index contributed by atoms with van der Waals surface area (Å²) in [4.78, 5) is 32.0. The summed E-state index contributed by atoms with van der Waals surface area (Å²) in [5.74, 6) is 1.12. The Labute approximate surface area is 196 Å². The first kappa shape index (κ1) is 22.7. The van der Waals surface area contributed by atoms with Crippen molar-refractivity contribution in [2.45, 2.75) is 25.4 Å². The lowest BCUT2D eigenvalue weighted by Crippen LogP contribution is -2.34. The molecule has 0 saturated carbocycles. The van der Waals surface area contributed by atoms with Crippen molar-refractivity contribution in [1.82, 2.24) is 19.9 Å². The molecule has 11 heteroatoms. The van der Waals surface area contributed by atoms with Gasteiger partial charge < -0.3 is 20.1 Å². The Morgan fingerprint density at radius 3 is 2.85 bits per heavy atom. The fraction of sp³-hybridized carbons (Fsp3) is 0.318. The van der Waals surface area contributed by atoms with Crippen molar-refractivity contribution in [2.24, 2.45) is 0 Å². The van der Waals surface area contributed by atoms with Crippen molar-refractivity contribution in [3.8, 4) is 5.75 Å². The number of aromatic nitrogens is 4. The minimum Gasteiger partial charge on any atom is -0.495 e. The molecule has 4 rings (SSSR count). The van der Waals surface area contributed by atoms with Gasteiger partial charge in [-0.1, -0.05) is 17.7 Å². The molecule has 10 nitrogen and oxygen atoms in total. The highest BCUT2D eigenvalue weighted by Crippen LogP contribution is 2.27. The number of nitrogens with one attached hydrogen (secondary N) is 2. The van der Waals surface area contributed by atoms with Crippen LogP contribution in [0, 0.1) is 0 Å². The molecule has 1 aromatic carbocycles. The summed E-state index contributed by atoms with van der Waals surface area (Å²) in [6.45, 7) is 1.12. The first-order valence-electron chi connectivity index (χ1n) is 10.5. The number of hydrogen-bond acceptors (Lipinski definition) is 9. The van der Waals surface area contributed by atoms with E-state index < -0.39 is 5.91 Å². The maximum Gasteiger partial charge on any atom is 0.263 e. The molecule has 1 amide bonds. The fourth-order valence-electron chi connectivity index (χ4n) is 3.64. The lowest BCUT2D eigenvalue weighted by molar-refractivity contribution is 0.102. The van der Waals surface area contributed by atoms with Gasteiger partial charge in [0.15, 0.2) is 0 Å². The average molecular weight is 470 g/mol. The number of aliphatic hydroxyl groups is 1. The first-order chi connectivity index (χ1) is 16.1. The second-order valence-corrected chi connectivity index (χ2v) is 7.86. The van der Waals surface area contributed by atoms with Gasteiger partial charge in [0, 0.05) is 31.7 Å². The molecule has 1 saturated heterocycles. The second-order valence-electron chi connectivity index (χ2n) is 7.45. The molecule has 3 heterocycles. The van der Waals surface area contributed by atoms with Gasteiger partial charge in [0.05, 0.1) is 24.8 Å². The smallest absolute Gasteiger partial charge is 0.263 e. The Kier molecular flexibility index (Phi) is 7.16. The second kappa shape index (κ2) is 10.4. The number of carbonyl (C=O) groups excluding carboxylic acids is 1. The summed E-state index contributed by atoms with van der Waals surface area (Å²) >= 11 is 6.24. The van der Waals surface area contributed by atoms with Crippen LogP contribution in [0.3, 0.4) is 0 Å². The van der Waals surface area contributed by atoms with Crippen molar-refractivity contribution < 1.29 is 14.6 Å². The van der Waals surface area contributed by atoms with Crippen molar-refractivity contribution in [3.63, 3.8) is 0 Å². The van der Waals surface area contributed by atoms with Gasteiger partial charge >= 0.3 is 0 Å². The molecule has 0 radical (unpaired) electrons. The Hall–Kier alpha value is -3.50. The van der Waals surface area contributed by atoms with Gasteiger partial charge in [0.25, 0.3) is 5.91 Å². The molecule has 172 valence electrons. The summed E-state index contributed by atoms with van der Waals surface area (Å²) in [6, 6.07) is 7.06. The van der Waals surface area contributed by atoms with Gasteiger partial charge in [0.1, 0.15) is 17.1 Å². The van der Waals surface area contributed by atoms with E-state index in [1.165, 1.54) is 18.6 Å². The number of nitrogens with zero attached hydrogens (tertiary/aromatic N) is 5. The van der Waals surface area contributed by atoms with Crippen LogP contribution >= 0.6 is 11.6 Å². The maximum absolute atomic E-state index is 12.9. The summed E-state index contributed by atoms with van der Waals surface area (Å²) in [5.41, 5.74) is 1.12. The third-order valence-corrected chi connectivity index (χ3v) is 5.63. The SMILES string of the molecule is COc1ccc(CNc2nc(N3CCCC3CO)ncc2C(=O)Nc2ncccn2)cc1Cl. The molecule has 1 aliphatic heterocycles. The number of methoxy groups -OCH3 is 1. The predicted molar refractivity (Wildman–Crippen MR) is 125 cm³/mol. The van der Waals surface area contributed by atoms with Gasteiger partial charge in [-0.05, 0) is 36.6 Å². The van der Waals surface area contributed by atoms with E-state index >= 15 is 0 Å². The molecule has 1 atom stereocenters. The van der Waals surface area contributed by atoms with Crippen molar-refractivity contribution in [3.05, 3.63) is 59.0 Å². The van der Waals surface area contributed by atoms with E-state index in [2.05, 4.69) is 30.6 Å². The normalized spacial score (nSPS) is 15.4. The number of hydrogen-bond donors (Lipinski definition) is 3. The van der Waals surface area contributed by atoms with Crippen molar-refractivity contribution in [1.29, 1.82) is 0 Å².